The Morgan fingerprint density at radius 3 is 2.12 bits per heavy atom. The average molecular weight is 465 g/mol. The van der Waals surface area contributed by atoms with Gasteiger partial charge < -0.3 is 20.5 Å². The standard InChI is InChI=1S/C27H32N2O5/c1-16(2)24(26(31)32)29-25(30)18(13-17-11-12-17)14-28-27(33)34-15-23-21-9-5-3-7-19(21)20-8-4-6-10-22(20)23/h3-10,16-18,23-24H,11-15H2,1-2H3,(H,28,33)(H,29,30)(H,31,32)/t18?,24-/m0/s1. The van der Waals surface area contributed by atoms with Crippen LogP contribution < -0.4 is 10.6 Å². The maximum atomic E-state index is 12.8. The van der Waals surface area contributed by atoms with E-state index in [4.69, 9.17) is 4.74 Å². The fourth-order valence-electron chi connectivity index (χ4n) is 4.68. The van der Waals surface area contributed by atoms with E-state index >= 15 is 0 Å². The van der Waals surface area contributed by atoms with E-state index in [2.05, 4.69) is 34.9 Å². The van der Waals surface area contributed by atoms with E-state index in [9.17, 15) is 19.5 Å². The molecule has 2 aliphatic rings. The number of carboxylic acids is 1. The molecule has 2 aromatic carbocycles. The van der Waals surface area contributed by atoms with Gasteiger partial charge in [-0.3, -0.25) is 4.79 Å². The molecule has 4 rings (SSSR count). The molecule has 3 N–H and O–H groups in total. The van der Waals surface area contributed by atoms with Crippen LogP contribution in [0, 0.1) is 17.8 Å². The van der Waals surface area contributed by atoms with Gasteiger partial charge in [0, 0.05) is 12.5 Å². The molecule has 0 saturated heterocycles. The van der Waals surface area contributed by atoms with Gasteiger partial charge in [0.1, 0.15) is 12.6 Å². The number of ether oxygens (including phenoxy) is 1. The first kappa shape index (κ1) is 23.8. The molecule has 1 saturated carbocycles. The Labute approximate surface area is 199 Å². The molecule has 2 aliphatic carbocycles. The zero-order valence-electron chi connectivity index (χ0n) is 19.6. The summed E-state index contributed by atoms with van der Waals surface area (Å²) < 4.78 is 5.57. The van der Waals surface area contributed by atoms with Gasteiger partial charge in [0.2, 0.25) is 5.91 Å². The van der Waals surface area contributed by atoms with Crippen molar-refractivity contribution in [1.29, 1.82) is 0 Å². The van der Waals surface area contributed by atoms with Gasteiger partial charge in [0.25, 0.3) is 0 Å². The minimum absolute atomic E-state index is 0.0360. The summed E-state index contributed by atoms with van der Waals surface area (Å²) in [5, 5.41) is 14.8. The number of aliphatic carboxylic acids is 1. The monoisotopic (exact) mass is 464 g/mol. The Morgan fingerprint density at radius 2 is 1.59 bits per heavy atom. The van der Waals surface area contributed by atoms with Gasteiger partial charge in [-0.05, 0) is 40.5 Å². The molecule has 34 heavy (non-hydrogen) atoms. The van der Waals surface area contributed by atoms with Gasteiger partial charge in [-0.15, -0.1) is 0 Å². The Balaban J connectivity index is 1.35. The highest BCUT2D eigenvalue weighted by Crippen LogP contribution is 2.44. The second kappa shape index (κ2) is 10.3. The number of carbonyl (C=O) groups excluding carboxylic acids is 2. The fourth-order valence-corrected chi connectivity index (χ4v) is 4.68. The number of nitrogens with one attached hydrogen (secondary N) is 2. The molecule has 0 aliphatic heterocycles. The van der Waals surface area contributed by atoms with Gasteiger partial charge in [-0.25, -0.2) is 9.59 Å². The van der Waals surface area contributed by atoms with Crippen molar-refractivity contribution in [2.45, 2.75) is 45.1 Å². The maximum absolute atomic E-state index is 12.8. The zero-order valence-corrected chi connectivity index (χ0v) is 19.6. The molecule has 0 spiro atoms. The molecule has 7 nitrogen and oxygen atoms in total. The van der Waals surface area contributed by atoms with E-state index in [-0.39, 0.29) is 30.9 Å². The Morgan fingerprint density at radius 1 is 1.00 bits per heavy atom. The second-order valence-electron chi connectivity index (χ2n) is 9.65. The Hall–Kier alpha value is -3.35. The van der Waals surface area contributed by atoms with Crippen LogP contribution >= 0.6 is 0 Å². The number of alkyl carbamates (subject to hydrolysis) is 1. The van der Waals surface area contributed by atoms with Crippen molar-refractivity contribution in [3.8, 4) is 11.1 Å². The molecular weight excluding hydrogens is 432 g/mol. The minimum Gasteiger partial charge on any atom is -0.480 e. The smallest absolute Gasteiger partial charge is 0.407 e. The molecule has 0 radical (unpaired) electrons. The molecule has 7 heteroatoms. The molecule has 0 bridgehead atoms. The number of carbonyl (C=O) groups is 3. The number of hydrogen-bond donors (Lipinski definition) is 3. The number of fused-ring (bicyclic) bond motifs is 3. The third-order valence-electron chi connectivity index (χ3n) is 6.75. The number of rotatable bonds is 10. The summed E-state index contributed by atoms with van der Waals surface area (Å²) in [6.45, 7) is 3.82. The molecule has 180 valence electrons. The lowest BCUT2D eigenvalue weighted by atomic mass is 9.98. The van der Waals surface area contributed by atoms with Crippen molar-refractivity contribution < 1.29 is 24.2 Å². The summed E-state index contributed by atoms with van der Waals surface area (Å²) in [5.41, 5.74) is 4.59. The van der Waals surface area contributed by atoms with Gasteiger partial charge in [-0.1, -0.05) is 75.2 Å². The summed E-state index contributed by atoms with van der Waals surface area (Å²) >= 11 is 0. The van der Waals surface area contributed by atoms with Crippen molar-refractivity contribution >= 4 is 18.0 Å². The van der Waals surface area contributed by atoms with Crippen molar-refractivity contribution in [3.05, 3.63) is 59.7 Å². The Kier molecular flexibility index (Phi) is 7.20. The number of amides is 2. The predicted molar refractivity (Wildman–Crippen MR) is 128 cm³/mol. The van der Waals surface area contributed by atoms with Crippen LogP contribution in [0.1, 0.15) is 50.2 Å². The molecule has 2 aromatic rings. The number of carboxylic acid groups (broad SMARTS) is 1. The minimum atomic E-state index is -1.06. The molecule has 2 atom stereocenters. The maximum Gasteiger partial charge on any atom is 0.407 e. The summed E-state index contributed by atoms with van der Waals surface area (Å²) in [4.78, 5) is 36.8. The SMILES string of the molecule is CC(C)[C@H](NC(=O)C(CNC(=O)OCC1c2ccccc2-c2ccccc21)CC1CC1)C(=O)O. The lowest BCUT2D eigenvalue weighted by Gasteiger charge is -2.23. The third kappa shape index (κ3) is 5.41. The quantitative estimate of drug-likeness (QED) is 0.490. The predicted octanol–water partition coefficient (Wildman–Crippen LogP) is 4.17. The summed E-state index contributed by atoms with van der Waals surface area (Å²) in [6, 6.07) is 15.3. The Bertz CT molecular complexity index is 1020. The van der Waals surface area contributed by atoms with Crippen LogP contribution in [0.3, 0.4) is 0 Å². The van der Waals surface area contributed by atoms with E-state index in [1.54, 1.807) is 13.8 Å². The number of hydrogen-bond acceptors (Lipinski definition) is 4. The van der Waals surface area contributed by atoms with Crippen LogP contribution in [0.4, 0.5) is 4.79 Å². The topological polar surface area (TPSA) is 105 Å². The second-order valence-corrected chi connectivity index (χ2v) is 9.65. The number of benzene rings is 2. The molecule has 0 aromatic heterocycles. The highest BCUT2D eigenvalue weighted by Gasteiger charge is 2.33. The third-order valence-corrected chi connectivity index (χ3v) is 6.75. The van der Waals surface area contributed by atoms with Crippen molar-refractivity contribution in [2.75, 3.05) is 13.2 Å². The fraction of sp³-hybridized carbons (Fsp3) is 0.444. The van der Waals surface area contributed by atoms with Crippen molar-refractivity contribution in [1.82, 2.24) is 10.6 Å². The summed E-state index contributed by atoms with van der Waals surface area (Å²) in [7, 11) is 0. The van der Waals surface area contributed by atoms with E-state index in [1.807, 2.05) is 24.3 Å². The highest BCUT2D eigenvalue weighted by molar-refractivity contribution is 5.85. The van der Waals surface area contributed by atoms with Gasteiger partial charge in [0.05, 0.1) is 5.92 Å². The van der Waals surface area contributed by atoms with E-state index in [1.165, 1.54) is 0 Å². The first-order chi connectivity index (χ1) is 16.3. The molecule has 1 unspecified atom stereocenters. The van der Waals surface area contributed by atoms with Crippen LogP contribution in [0.15, 0.2) is 48.5 Å². The molecule has 1 fully saturated rings. The first-order valence-corrected chi connectivity index (χ1v) is 12.0. The van der Waals surface area contributed by atoms with Gasteiger partial charge in [0.15, 0.2) is 0 Å². The lowest BCUT2D eigenvalue weighted by Crippen LogP contribution is -2.48. The van der Waals surface area contributed by atoms with Gasteiger partial charge in [-0.2, -0.15) is 0 Å². The van der Waals surface area contributed by atoms with Crippen LogP contribution in [0.2, 0.25) is 0 Å². The van der Waals surface area contributed by atoms with E-state index in [0.29, 0.717) is 12.3 Å². The summed E-state index contributed by atoms with van der Waals surface area (Å²) in [6.07, 6.45) is 2.16. The molecule has 0 heterocycles. The van der Waals surface area contributed by atoms with Crippen molar-refractivity contribution in [2.24, 2.45) is 17.8 Å². The highest BCUT2D eigenvalue weighted by atomic mass is 16.5. The summed E-state index contributed by atoms with van der Waals surface area (Å²) in [5.74, 6) is -1.72. The lowest BCUT2D eigenvalue weighted by molar-refractivity contribution is -0.143. The van der Waals surface area contributed by atoms with Gasteiger partial charge >= 0.3 is 12.1 Å². The van der Waals surface area contributed by atoms with Crippen LogP contribution in [-0.2, 0) is 14.3 Å². The van der Waals surface area contributed by atoms with E-state index < -0.39 is 24.0 Å². The van der Waals surface area contributed by atoms with Crippen LogP contribution in [0.5, 0.6) is 0 Å². The van der Waals surface area contributed by atoms with Crippen molar-refractivity contribution in [3.63, 3.8) is 0 Å². The zero-order chi connectivity index (χ0) is 24.2. The normalized spacial score (nSPS) is 16.3. The molecule has 2 amide bonds. The van der Waals surface area contributed by atoms with Crippen LogP contribution in [-0.4, -0.2) is 42.3 Å². The van der Waals surface area contributed by atoms with Crippen LogP contribution in [0.25, 0.3) is 11.1 Å². The molecular formula is C27H32N2O5. The average Bonchev–Trinajstić information content (AvgIpc) is 3.59. The largest absolute Gasteiger partial charge is 0.480 e. The van der Waals surface area contributed by atoms with E-state index in [0.717, 1.165) is 35.1 Å². The first-order valence-electron chi connectivity index (χ1n) is 12.0.